The van der Waals surface area contributed by atoms with Crippen LogP contribution in [0.5, 0.6) is 6.01 Å². The van der Waals surface area contributed by atoms with Gasteiger partial charge in [0, 0.05) is 48.9 Å². The molecule has 210 valence electrons. The molecule has 0 saturated carbocycles. The third-order valence-electron chi connectivity index (χ3n) is 7.55. The second-order valence-electron chi connectivity index (χ2n) is 10.0. The second-order valence-corrected chi connectivity index (χ2v) is 12.8. The Bertz CT molecular complexity index is 1620. The Morgan fingerprint density at radius 1 is 1.02 bits per heavy atom. The van der Waals surface area contributed by atoms with E-state index in [0.717, 1.165) is 11.4 Å². The van der Waals surface area contributed by atoms with E-state index in [-0.39, 0.29) is 23.0 Å². The van der Waals surface area contributed by atoms with Gasteiger partial charge < -0.3 is 19.4 Å². The Hall–Kier alpha value is -2.96. The maximum atomic E-state index is 13.0. The molecule has 0 spiro atoms. The number of aromatic amines is 1. The maximum Gasteiger partial charge on any atom is 0.296 e. The molecule has 1 unspecified atom stereocenters. The molecule has 1 N–H and O–H groups in total. The van der Waals surface area contributed by atoms with Crippen LogP contribution in [0.2, 0.25) is 10.0 Å². The number of rotatable bonds is 6. The number of anilines is 1. The molecular formula is C27H28Cl2N6O4S. The fourth-order valence-corrected chi connectivity index (χ4v) is 6.73. The van der Waals surface area contributed by atoms with E-state index in [4.69, 9.17) is 32.7 Å². The molecule has 6 rings (SSSR count). The minimum Gasteiger partial charge on any atom is -0.459 e. The van der Waals surface area contributed by atoms with Gasteiger partial charge in [0.1, 0.15) is 11.9 Å². The highest BCUT2D eigenvalue weighted by Gasteiger charge is 2.33. The number of nitrogens with zero attached hydrogens (tertiary/aromatic N) is 5. The van der Waals surface area contributed by atoms with E-state index in [0.29, 0.717) is 65.7 Å². The van der Waals surface area contributed by atoms with E-state index >= 15 is 0 Å². The highest BCUT2D eigenvalue weighted by Crippen LogP contribution is 2.31. The average Bonchev–Trinajstić information content (AvgIpc) is 3.50. The maximum absolute atomic E-state index is 13.0. The zero-order valence-corrected chi connectivity index (χ0v) is 24.2. The van der Waals surface area contributed by atoms with Gasteiger partial charge in [-0.25, -0.2) is 18.4 Å². The first-order valence-electron chi connectivity index (χ1n) is 13.0. The highest BCUT2D eigenvalue weighted by molar-refractivity contribution is 7.89. The van der Waals surface area contributed by atoms with E-state index in [9.17, 15) is 8.42 Å². The number of ether oxygens (including phenoxy) is 2. The van der Waals surface area contributed by atoms with Crippen molar-refractivity contribution in [3.05, 3.63) is 58.7 Å². The summed E-state index contributed by atoms with van der Waals surface area (Å²) in [6.07, 6.45) is 1.77. The van der Waals surface area contributed by atoms with Gasteiger partial charge in [-0.2, -0.15) is 9.29 Å². The number of benzene rings is 1. The number of aromatic nitrogens is 4. The van der Waals surface area contributed by atoms with Gasteiger partial charge in [0.2, 0.25) is 10.0 Å². The molecule has 0 amide bonds. The van der Waals surface area contributed by atoms with Crippen LogP contribution in [-0.4, -0.2) is 77.7 Å². The average molecular weight is 604 g/mol. The van der Waals surface area contributed by atoms with E-state index < -0.39 is 10.0 Å². The van der Waals surface area contributed by atoms with Gasteiger partial charge in [-0.15, -0.1) is 0 Å². The van der Waals surface area contributed by atoms with E-state index in [1.165, 1.54) is 16.4 Å². The number of sulfonamides is 1. The van der Waals surface area contributed by atoms with E-state index in [1.54, 1.807) is 24.4 Å². The Balaban J connectivity index is 1.14. The minimum absolute atomic E-state index is 0.0818. The summed E-state index contributed by atoms with van der Waals surface area (Å²) in [6, 6.07) is 12.2. The van der Waals surface area contributed by atoms with Gasteiger partial charge in [-0.1, -0.05) is 30.1 Å². The predicted octanol–water partition coefficient (Wildman–Crippen LogP) is 4.64. The number of hydrogen-bond acceptors (Lipinski definition) is 8. The molecule has 1 aromatic carbocycles. The van der Waals surface area contributed by atoms with Crippen molar-refractivity contribution in [1.29, 1.82) is 0 Å². The van der Waals surface area contributed by atoms with Crippen LogP contribution in [-0.2, 0) is 14.8 Å². The van der Waals surface area contributed by atoms with Gasteiger partial charge in [0.25, 0.3) is 6.01 Å². The van der Waals surface area contributed by atoms with Crippen molar-refractivity contribution in [2.75, 3.05) is 37.7 Å². The third kappa shape index (κ3) is 5.24. The summed E-state index contributed by atoms with van der Waals surface area (Å²) in [6.45, 7) is 6.39. The lowest BCUT2D eigenvalue weighted by Crippen LogP contribution is -2.48. The normalized spacial score (nSPS) is 22.2. The SMILES string of the molecule is C[C@@H]1C(Oc2nc3nc(-c4ccc(N5CCN(S(=O)(=O)c6ccc(Cl)cc6)CC5)nc4)c(Cl)cc3[nH]2)CO[C@@H]1C. The number of pyridine rings is 2. The Morgan fingerprint density at radius 2 is 1.77 bits per heavy atom. The summed E-state index contributed by atoms with van der Waals surface area (Å²) in [7, 11) is -3.58. The van der Waals surface area contributed by atoms with E-state index in [2.05, 4.69) is 31.8 Å². The molecule has 4 aromatic rings. The number of halogens is 2. The molecule has 2 saturated heterocycles. The predicted molar refractivity (Wildman–Crippen MR) is 154 cm³/mol. The van der Waals surface area contributed by atoms with Gasteiger partial charge in [0.15, 0.2) is 5.65 Å². The molecule has 40 heavy (non-hydrogen) atoms. The standard InChI is InChI=1S/C27H28Cl2N6O4S/c1-16-17(2)38-15-23(16)39-27-31-22-13-21(29)25(32-26(22)33-27)18-3-8-24(30-14-18)34-9-11-35(12-10-34)40(36,37)20-6-4-19(28)5-7-20/h3-8,13-14,16-17,23H,9-12,15H2,1-2H3,(H,31,32,33)/t16-,17+,23?/m0/s1. The Morgan fingerprint density at radius 3 is 2.42 bits per heavy atom. The lowest BCUT2D eigenvalue weighted by Gasteiger charge is -2.34. The molecule has 5 heterocycles. The number of H-pyrrole nitrogens is 1. The van der Waals surface area contributed by atoms with Gasteiger partial charge in [0.05, 0.1) is 33.8 Å². The number of piperazine rings is 1. The van der Waals surface area contributed by atoms with Crippen LogP contribution in [0.15, 0.2) is 53.6 Å². The molecule has 2 aliphatic rings. The summed E-state index contributed by atoms with van der Waals surface area (Å²) in [4.78, 5) is 19.2. The van der Waals surface area contributed by atoms with Crippen LogP contribution in [0, 0.1) is 5.92 Å². The molecule has 2 fully saturated rings. The monoisotopic (exact) mass is 602 g/mol. The topological polar surface area (TPSA) is 114 Å². The molecule has 0 radical (unpaired) electrons. The van der Waals surface area contributed by atoms with Crippen molar-refractivity contribution in [3.63, 3.8) is 0 Å². The van der Waals surface area contributed by atoms with Crippen LogP contribution in [0.4, 0.5) is 5.82 Å². The van der Waals surface area contributed by atoms with Crippen molar-refractivity contribution in [2.45, 2.75) is 31.0 Å². The summed E-state index contributed by atoms with van der Waals surface area (Å²) in [5.74, 6) is 1.00. The number of hydrogen-bond donors (Lipinski definition) is 1. The second kappa shape index (κ2) is 10.8. The largest absolute Gasteiger partial charge is 0.459 e. The van der Waals surface area contributed by atoms with Gasteiger partial charge in [-0.05, 0) is 49.4 Å². The summed E-state index contributed by atoms with van der Waals surface area (Å²) >= 11 is 12.5. The fourth-order valence-electron chi connectivity index (χ4n) is 4.92. The quantitative estimate of drug-likeness (QED) is 0.339. The fraction of sp³-hybridized carbons (Fsp3) is 0.370. The number of imidazole rings is 1. The minimum atomic E-state index is -3.58. The molecular weight excluding hydrogens is 575 g/mol. The van der Waals surface area contributed by atoms with Crippen molar-refractivity contribution < 1.29 is 17.9 Å². The zero-order chi connectivity index (χ0) is 28.0. The number of fused-ring (bicyclic) bond motifs is 1. The first-order chi connectivity index (χ1) is 19.2. The highest BCUT2D eigenvalue weighted by atomic mass is 35.5. The summed E-state index contributed by atoms with van der Waals surface area (Å²) < 4.78 is 39.2. The summed E-state index contributed by atoms with van der Waals surface area (Å²) in [5, 5.41) is 0.960. The van der Waals surface area contributed by atoms with Crippen LogP contribution in [0.3, 0.4) is 0 Å². The van der Waals surface area contributed by atoms with Crippen molar-refractivity contribution in [3.8, 4) is 17.3 Å². The van der Waals surface area contributed by atoms with Crippen molar-refractivity contribution in [2.24, 2.45) is 5.92 Å². The molecule has 3 atom stereocenters. The van der Waals surface area contributed by atoms with Gasteiger partial charge >= 0.3 is 0 Å². The van der Waals surface area contributed by atoms with Crippen LogP contribution >= 0.6 is 23.2 Å². The molecule has 13 heteroatoms. The van der Waals surface area contributed by atoms with Crippen LogP contribution < -0.4 is 9.64 Å². The first kappa shape index (κ1) is 27.2. The molecule has 2 aliphatic heterocycles. The molecule has 10 nitrogen and oxygen atoms in total. The molecule has 0 aliphatic carbocycles. The van der Waals surface area contributed by atoms with Crippen molar-refractivity contribution >= 4 is 50.2 Å². The van der Waals surface area contributed by atoms with Gasteiger partial charge in [-0.3, -0.25) is 0 Å². The van der Waals surface area contributed by atoms with Crippen LogP contribution in [0.1, 0.15) is 13.8 Å². The lowest BCUT2D eigenvalue weighted by atomic mass is 10.0. The smallest absolute Gasteiger partial charge is 0.296 e. The lowest BCUT2D eigenvalue weighted by molar-refractivity contribution is 0.0998. The molecule has 3 aromatic heterocycles. The zero-order valence-electron chi connectivity index (χ0n) is 21.9. The Kier molecular flexibility index (Phi) is 7.34. The third-order valence-corrected chi connectivity index (χ3v) is 10.0. The molecule has 0 bridgehead atoms. The van der Waals surface area contributed by atoms with Crippen molar-refractivity contribution in [1.82, 2.24) is 24.2 Å². The Labute approximate surface area is 242 Å². The summed E-state index contributed by atoms with van der Waals surface area (Å²) in [5.41, 5.74) is 2.49. The number of nitrogens with one attached hydrogen (secondary N) is 1. The van der Waals surface area contributed by atoms with E-state index in [1.807, 2.05) is 19.1 Å². The first-order valence-corrected chi connectivity index (χ1v) is 15.2. The van der Waals surface area contributed by atoms with Crippen LogP contribution in [0.25, 0.3) is 22.4 Å².